The van der Waals surface area contributed by atoms with Gasteiger partial charge in [-0.15, -0.1) is 0 Å². The van der Waals surface area contributed by atoms with Crippen molar-refractivity contribution in [2.45, 2.75) is 6.92 Å². The van der Waals surface area contributed by atoms with Crippen LogP contribution in [-0.2, 0) is 4.79 Å². The number of carbonyl (C=O) groups is 1. The first kappa shape index (κ1) is 17.5. The van der Waals surface area contributed by atoms with Crippen molar-refractivity contribution in [2.24, 2.45) is 5.10 Å². The van der Waals surface area contributed by atoms with Gasteiger partial charge in [-0.25, -0.2) is 5.43 Å². The molecular formula is C21H21N3O2. The van der Waals surface area contributed by atoms with E-state index in [1.165, 1.54) is 5.39 Å². The van der Waals surface area contributed by atoms with E-state index in [0.717, 1.165) is 28.1 Å². The second-order valence-corrected chi connectivity index (χ2v) is 5.88. The molecule has 0 bridgehead atoms. The van der Waals surface area contributed by atoms with Gasteiger partial charge in [0.05, 0.1) is 19.4 Å². The van der Waals surface area contributed by atoms with Gasteiger partial charge in [0.25, 0.3) is 5.91 Å². The van der Waals surface area contributed by atoms with Crippen LogP contribution in [0, 0.1) is 0 Å². The summed E-state index contributed by atoms with van der Waals surface area (Å²) in [5.74, 6) is 0.566. The van der Waals surface area contributed by atoms with Gasteiger partial charge in [0.1, 0.15) is 5.75 Å². The van der Waals surface area contributed by atoms with Crippen molar-refractivity contribution in [3.05, 3.63) is 72.3 Å². The Balaban J connectivity index is 1.57. The summed E-state index contributed by atoms with van der Waals surface area (Å²) in [5.41, 5.74) is 5.16. The monoisotopic (exact) mass is 347 g/mol. The molecule has 3 aromatic carbocycles. The van der Waals surface area contributed by atoms with Gasteiger partial charge >= 0.3 is 0 Å². The van der Waals surface area contributed by atoms with Crippen LogP contribution < -0.4 is 15.5 Å². The molecule has 2 N–H and O–H groups in total. The Bertz CT molecular complexity index is 933. The second kappa shape index (κ2) is 8.16. The van der Waals surface area contributed by atoms with Crippen LogP contribution in [0.15, 0.2) is 71.8 Å². The van der Waals surface area contributed by atoms with Crippen LogP contribution in [0.3, 0.4) is 0 Å². The number of methoxy groups -OCH3 is 1. The standard InChI is InChI=1S/C21H21N3O2/c1-15(17-8-7-16-5-3-4-6-18(16)13-17)23-24-21(25)14-22-19-9-11-20(26-2)12-10-19/h3-13,22H,14H2,1-2H3,(H,24,25). The van der Waals surface area contributed by atoms with E-state index in [-0.39, 0.29) is 12.5 Å². The molecule has 0 aromatic heterocycles. The minimum absolute atomic E-state index is 0.140. The van der Waals surface area contributed by atoms with Crippen molar-refractivity contribution in [1.29, 1.82) is 0 Å². The van der Waals surface area contributed by atoms with Gasteiger partial charge in [0, 0.05) is 5.69 Å². The van der Waals surface area contributed by atoms with Gasteiger partial charge in [-0.3, -0.25) is 4.79 Å². The Morgan fingerprint density at radius 2 is 1.73 bits per heavy atom. The third kappa shape index (κ3) is 4.39. The van der Waals surface area contributed by atoms with Crippen molar-refractivity contribution >= 4 is 28.1 Å². The van der Waals surface area contributed by atoms with Crippen LogP contribution in [0.1, 0.15) is 12.5 Å². The molecule has 5 nitrogen and oxygen atoms in total. The lowest BCUT2D eigenvalue weighted by atomic mass is 10.0. The predicted octanol–water partition coefficient (Wildman–Crippen LogP) is 3.80. The number of fused-ring (bicyclic) bond motifs is 1. The number of nitrogens with zero attached hydrogens (tertiary/aromatic N) is 1. The maximum atomic E-state index is 12.0. The van der Waals surface area contributed by atoms with Gasteiger partial charge in [-0.05, 0) is 53.6 Å². The molecule has 0 saturated carbocycles. The van der Waals surface area contributed by atoms with E-state index in [1.807, 2.05) is 49.4 Å². The summed E-state index contributed by atoms with van der Waals surface area (Å²) < 4.78 is 5.10. The third-order valence-corrected chi connectivity index (χ3v) is 4.06. The number of hydrogen-bond acceptors (Lipinski definition) is 4. The van der Waals surface area contributed by atoms with Crippen LogP contribution in [-0.4, -0.2) is 25.3 Å². The molecule has 0 aliphatic heterocycles. The Morgan fingerprint density at radius 1 is 1.00 bits per heavy atom. The Kier molecular flexibility index (Phi) is 5.49. The van der Waals surface area contributed by atoms with Crippen molar-refractivity contribution < 1.29 is 9.53 Å². The molecule has 0 aliphatic rings. The molecule has 0 fully saturated rings. The molecule has 3 rings (SSSR count). The first-order valence-corrected chi connectivity index (χ1v) is 8.36. The fraction of sp³-hybridized carbons (Fsp3) is 0.143. The zero-order valence-corrected chi connectivity index (χ0v) is 14.8. The first-order chi connectivity index (χ1) is 12.7. The van der Waals surface area contributed by atoms with Gasteiger partial charge in [-0.2, -0.15) is 5.10 Å². The second-order valence-electron chi connectivity index (χ2n) is 5.88. The average Bonchev–Trinajstić information content (AvgIpc) is 2.70. The number of anilines is 1. The fourth-order valence-corrected chi connectivity index (χ4v) is 2.56. The van der Waals surface area contributed by atoms with E-state index in [2.05, 4.69) is 40.1 Å². The smallest absolute Gasteiger partial charge is 0.259 e. The van der Waals surface area contributed by atoms with E-state index in [9.17, 15) is 4.79 Å². The van der Waals surface area contributed by atoms with E-state index >= 15 is 0 Å². The molecule has 0 spiro atoms. The summed E-state index contributed by atoms with van der Waals surface area (Å²) in [7, 11) is 1.62. The van der Waals surface area contributed by atoms with Crippen LogP contribution in [0.5, 0.6) is 5.75 Å². The van der Waals surface area contributed by atoms with Gasteiger partial charge in [0.2, 0.25) is 0 Å². The van der Waals surface area contributed by atoms with Crippen LogP contribution in [0.25, 0.3) is 10.8 Å². The number of rotatable bonds is 6. The lowest BCUT2D eigenvalue weighted by Gasteiger charge is -2.07. The summed E-state index contributed by atoms with van der Waals surface area (Å²) >= 11 is 0. The quantitative estimate of drug-likeness (QED) is 0.527. The summed E-state index contributed by atoms with van der Waals surface area (Å²) in [6.07, 6.45) is 0. The predicted molar refractivity (Wildman–Crippen MR) is 106 cm³/mol. The molecular weight excluding hydrogens is 326 g/mol. The van der Waals surface area contributed by atoms with Crippen molar-refractivity contribution in [3.8, 4) is 5.75 Å². The number of carbonyl (C=O) groups excluding carboxylic acids is 1. The summed E-state index contributed by atoms with van der Waals surface area (Å²) in [5, 5.41) is 9.57. The number of ether oxygens (including phenoxy) is 1. The molecule has 0 aliphatic carbocycles. The zero-order valence-electron chi connectivity index (χ0n) is 14.8. The highest BCUT2D eigenvalue weighted by Gasteiger charge is 2.03. The van der Waals surface area contributed by atoms with Gasteiger partial charge < -0.3 is 10.1 Å². The first-order valence-electron chi connectivity index (χ1n) is 8.36. The molecule has 0 atom stereocenters. The van der Waals surface area contributed by atoms with E-state index < -0.39 is 0 Å². The lowest BCUT2D eigenvalue weighted by Crippen LogP contribution is -2.26. The fourth-order valence-electron chi connectivity index (χ4n) is 2.56. The highest BCUT2D eigenvalue weighted by molar-refractivity contribution is 6.02. The van der Waals surface area contributed by atoms with E-state index in [0.29, 0.717) is 0 Å². The summed E-state index contributed by atoms with van der Waals surface area (Å²) in [4.78, 5) is 12.0. The summed E-state index contributed by atoms with van der Waals surface area (Å²) in [6, 6.07) is 21.7. The molecule has 0 radical (unpaired) electrons. The molecule has 1 amide bonds. The Hall–Kier alpha value is -3.34. The van der Waals surface area contributed by atoms with Crippen LogP contribution >= 0.6 is 0 Å². The largest absolute Gasteiger partial charge is 0.497 e. The minimum atomic E-state index is -0.207. The average molecular weight is 347 g/mol. The number of hydrogen-bond donors (Lipinski definition) is 2. The van der Waals surface area contributed by atoms with Gasteiger partial charge in [-0.1, -0.05) is 36.4 Å². The topological polar surface area (TPSA) is 62.7 Å². The Labute approximate surface area is 152 Å². The molecule has 0 heterocycles. The van der Waals surface area contributed by atoms with E-state index in [4.69, 9.17) is 4.74 Å². The number of hydrazone groups is 1. The molecule has 132 valence electrons. The number of nitrogens with one attached hydrogen (secondary N) is 2. The maximum absolute atomic E-state index is 12.0. The lowest BCUT2D eigenvalue weighted by molar-refractivity contribution is -0.119. The van der Waals surface area contributed by atoms with Gasteiger partial charge in [0.15, 0.2) is 0 Å². The Morgan fingerprint density at radius 3 is 2.46 bits per heavy atom. The maximum Gasteiger partial charge on any atom is 0.259 e. The summed E-state index contributed by atoms with van der Waals surface area (Å²) in [6.45, 7) is 2.02. The van der Waals surface area contributed by atoms with Crippen molar-refractivity contribution in [1.82, 2.24) is 5.43 Å². The minimum Gasteiger partial charge on any atom is -0.497 e. The highest BCUT2D eigenvalue weighted by atomic mass is 16.5. The highest BCUT2D eigenvalue weighted by Crippen LogP contribution is 2.16. The molecule has 0 unspecified atom stereocenters. The van der Waals surface area contributed by atoms with Crippen LogP contribution in [0.4, 0.5) is 5.69 Å². The van der Waals surface area contributed by atoms with Crippen molar-refractivity contribution in [3.63, 3.8) is 0 Å². The molecule has 5 heteroatoms. The molecule has 26 heavy (non-hydrogen) atoms. The molecule has 3 aromatic rings. The SMILES string of the molecule is COc1ccc(NCC(=O)NN=C(C)c2ccc3ccccc3c2)cc1. The van der Waals surface area contributed by atoms with E-state index in [1.54, 1.807) is 7.11 Å². The van der Waals surface area contributed by atoms with Crippen LogP contribution in [0.2, 0.25) is 0 Å². The zero-order chi connectivity index (χ0) is 18.4. The normalized spacial score (nSPS) is 11.2. The molecule has 0 saturated heterocycles. The van der Waals surface area contributed by atoms with Crippen molar-refractivity contribution in [2.75, 3.05) is 19.0 Å². The number of amides is 1. The number of benzene rings is 3. The third-order valence-electron chi connectivity index (χ3n) is 4.06.